The molecule has 1 aliphatic rings. The van der Waals surface area contributed by atoms with Crippen molar-refractivity contribution in [2.45, 2.75) is 77.7 Å². The fourth-order valence-corrected chi connectivity index (χ4v) is 4.04. The highest BCUT2D eigenvalue weighted by atomic mass is 16.6. The van der Waals surface area contributed by atoms with E-state index in [0.29, 0.717) is 13.0 Å². The van der Waals surface area contributed by atoms with Crippen LogP contribution in [0, 0.1) is 13.8 Å². The van der Waals surface area contributed by atoms with Gasteiger partial charge in [0.25, 0.3) is 0 Å². The molecule has 4 rings (SSSR count). The lowest BCUT2D eigenvalue weighted by molar-refractivity contribution is -0.0406. The third-order valence-electron chi connectivity index (χ3n) is 6.06. The van der Waals surface area contributed by atoms with Gasteiger partial charge in [0, 0.05) is 6.42 Å². The highest BCUT2D eigenvalue weighted by Gasteiger charge is 2.39. The number of aromatic nitrogens is 3. The maximum atomic E-state index is 6.37. The molecule has 1 aliphatic heterocycles. The Bertz CT molecular complexity index is 985. The lowest BCUT2D eigenvalue weighted by atomic mass is 10.1. The highest BCUT2D eigenvalue weighted by molar-refractivity contribution is 5.27. The molecule has 0 radical (unpaired) electrons. The van der Waals surface area contributed by atoms with Crippen molar-refractivity contribution in [2.24, 2.45) is 0 Å². The van der Waals surface area contributed by atoms with Crippen LogP contribution in [-0.4, -0.2) is 33.8 Å². The van der Waals surface area contributed by atoms with Crippen LogP contribution in [0.25, 0.3) is 0 Å². The minimum absolute atomic E-state index is 0.139. The molecule has 0 amide bonds. The Kier molecular flexibility index (Phi) is 8.00. The molecule has 0 unspecified atom stereocenters. The van der Waals surface area contributed by atoms with Crippen molar-refractivity contribution < 1.29 is 14.2 Å². The monoisotopic (exact) mass is 449 g/mol. The van der Waals surface area contributed by atoms with Gasteiger partial charge in [-0.05, 0) is 51.0 Å². The van der Waals surface area contributed by atoms with Gasteiger partial charge < -0.3 is 14.2 Å². The number of rotatable bonds is 11. The first-order valence-electron chi connectivity index (χ1n) is 12.1. The highest BCUT2D eigenvalue weighted by Crippen LogP contribution is 2.32. The van der Waals surface area contributed by atoms with Crippen LogP contribution in [-0.2, 0) is 11.2 Å². The number of hydrogen-bond donors (Lipinski definition) is 0. The molecule has 1 saturated heterocycles. The summed E-state index contributed by atoms with van der Waals surface area (Å²) in [5.41, 5.74) is 3.43. The fraction of sp³-hybridized carbons (Fsp3) is 0.481. The summed E-state index contributed by atoms with van der Waals surface area (Å²) in [6.45, 7) is 6.77. The third kappa shape index (κ3) is 6.57. The molecule has 2 aromatic carbocycles. The van der Waals surface area contributed by atoms with Crippen molar-refractivity contribution >= 4 is 0 Å². The Morgan fingerprint density at radius 1 is 0.939 bits per heavy atom. The van der Waals surface area contributed by atoms with Gasteiger partial charge in [-0.15, -0.1) is 5.10 Å². The molecule has 3 aromatic rings. The van der Waals surface area contributed by atoms with Gasteiger partial charge in [0.1, 0.15) is 30.3 Å². The zero-order valence-corrected chi connectivity index (χ0v) is 19.9. The Morgan fingerprint density at radius 3 is 2.33 bits per heavy atom. The summed E-state index contributed by atoms with van der Waals surface area (Å²) in [6, 6.07) is 16.2. The SMILES string of the molecule is CCCCCCc1cn([C@H]2C[C@H](Oc3ccc(C)cc3)[C@@H](COc3ccc(C)cc3)O2)nn1. The maximum Gasteiger partial charge on any atom is 0.156 e. The summed E-state index contributed by atoms with van der Waals surface area (Å²) in [6.07, 6.45) is 7.96. The minimum Gasteiger partial charge on any atom is -0.491 e. The standard InChI is InChI=1S/C27H35N3O3/c1-4-5-6-7-8-22-18-30(29-28-22)27-17-25(32-24-15-11-21(3)12-16-24)26(33-27)19-31-23-13-9-20(2)10-14-23/h9-16,18,25-27H,4-8,17,19H2,1-3H3/t25-,26+,27+/m0/s1. The van der Waals surface area contributed by atoms with E-state index < -0.39 is 0 Å². The van der Waals surface area contributed by atoms with E-state index in [4.69, 9.17) is 14.2 Å². The van der Waals surface area contributed by atoms with Crippen molar-refractivity contribution in [1.82, 2.24) is 15.0 Å². The van der Waals surface area contributed by atoms with E-state index >= 15 is 0 Å². The molecule has 0 saturated carbocycles. The Hall–Kier alpha value is -2.86. The molecule has 3 atom stereocenters. The predicted molar refractivity (Wildman–Crippen MR) is 129 cm³/mol. The normalized spacial score (nSPS) is 20.2. The number of unbranched alkanes of at least 4 members (excludes halogenated alkanes) is 3. The van der Waals surface area contributed by atoms with E-state index in [0.717, 1.165) is 30.0 Å². The van der Waals surface area contributed by atoms with Gasteiger partial charge in [-0.1, -0.05) is 66.8 Å². The average Bonchev–Trinajstić information content (AvgIpc) is 3.45. The molecule has 1 aromatic heterocycles. The number of hydrogen-bond acceptors (Lipinski definition) is 5. The second-order valence-electron chi connectivity index (χ2n) is 8.96. The van der Waals surface area contributed by atoms with E-state index in [1.54, 1.807) is 0 Å². The number of aryl methyl sites for hydroxylation is 3. The van der Waals surface area contributed by atoms with Crippen LogP contribution in [0.2, 0.25) is 0 Å². The Labute approximate surface area is 196 Å². The zero-order chi connectivity index (χ0) is 23.0. The van der Waals surface area contributed by atoms with Crippen molar-refractivity contribution in [1.29, 1.82) is 0 Å². The molecular formula is C27H35N3O3. The van der Waals surface area contributed by atoms with Gasteiger partial charge >= 0.3 is 0 Å². The molecule has 33 heavy (non-hydrogen) atoms. The minimum atomic E-state index is -0.219. The van der Waals surface area contributed by atoms with Crippen molar-refractivity contribution in [2.75, 3.05) is 6.61 Å². The number of benzene rings is 2. The third-order valence-corrected chi connectivity index (χ3v) is 6.06. The fourth-order valence-electron chi connectivity index (χ4n) is 4.04. The van der Waals surface area contributed by atoms with Crippen LogP contribution < -0.4 is 9.47 Å². The summed E-state index contributed by atoms with van der Waals surface area (Å²) in [5, 5.41) is 8.72. The number of ether oxygens (including phenoxy) is 3. The second-order valence-corrected chi connectivity index (χ2v) is 8.96. The molecule has 0 aliphatic carbocycles. The van der Waals surface area contributed by atoms with Crippen molar-refractivity contribution in [3.8, 4) is 11.5 Å². The summed E-state index contributed by atoms with van der Waals surface area (Å²) in [5.74, 6) is 1.67. The van der Waals surface area contributed by atoms with Gasteiger partial charge in [0.15, 0.2) is 6.23 Å². The van der Waals surface area contributed by atoms with Crippen LogP contribution in [0.15, 0.2) is 54.7 Å². The van der Waals surface area contributed by atoms with E-state index in [-0.39, 0.29) is 18.4 Å². The lowest BCUT2D eigenvalue weighted by Gasteiger charge is -2.20. The first-order valence-corrected chi connectivity index (χ1v) is 12.1. The molecule has 6 nitrogen and oxygen atoms in total. The molecule has 0 spiro atoms. The van der Waals surface area contributed by atoms with Crippen LogP contribution in [0.1, 0.15) is 62.1 Å². The van der Waals surface area contributed by atoms with E-state index in [1.165, 1.54) is 30.4 Å². The van der Waals surface area contributed by atoms with E-state index in [1.807, 2.05) is 47.3 Å². The van der Waals surface area contributed by atoms with E-state index in [2.05, 4.69) is 43.2 Å². The van der Waals surface area contributed by atoms with Gasteiger partial charge in [-0.2, -0.15) is 0 Å². The first kappa shape index (κ1) is 23.3. The average molecular weight is 450 g/mol. The van der Waals surface area contributed by atoms with Gasteiger partial charge in [-0.3, -0.25) is 0 Å². The molecular weight excluding hydrogens is 414 g/mol. The summed E-state index contributed by atoms with van der Waals surface area (Å²) in [4.78, 5) is 0. The molecule has 0 bridgehead atoms. The van der Waals surface area contributed by atoms with Crippen molar-refractivity contribution in [3.05, 3.63) is 71.5 Å². The Morgan fingerprint density at radius 2 is 1.64 bits per heavy atom. The van der Waals surface area contributed by atoms with Gasteiger partial charge in [0.2, 0.25) is 0 Å². The van der Waals surface area contributed by atoms with Gasteiger partial charge in [0.05, 0.1) is 11.9 Å². The first-order chi connectivity index (χ1) is 16.1. The Balaban J connectivity index is 1.41. The lowest BCUT2D eigenvalue weighted by Crippen LogP contribution is -2.32. The number of nitrogens with zero attached hydrogens (tertiary/aromatic N) is 3. The molecule has 0 N–H and O–H groups in total. The van der Waals surface area contributed by atoms with Crippen LogP contribution in [0.3, 0.4) is 0 Å². The molecule has 2 heterocycles. The topological polar surface area (TPSA) is 58.4 Å². The maximum absolute atomic E-state index is 6.37. The van der Waals surface area contributed by atoms with E-state index in [9.17, 15) is 0 Å². The van der Waals surface area contributed by atoms with Crippen LogP contribution in [0.5, 0.6) is 11.5 Å². The largest absolute Gasteiger partial charge is 0.491 e. The quantitative estimate of drug-likeness (QED) is 0.345. The summed E-state index contributed by atoms with van der Waals surface area (Å²) < 4.78 is 20.6. The molecule has 1 fully saturated rings. The summed E-state index contributed by atoms with van der Waals surface area (Å²) >= 11 is 0. The van der Waals surface area contributed by atoms with Crippen molar-refractivity contribution in [3.63, 3.8) is 0 Å². The predicted octanol–water partition coefficient (Wildman–Crippen LogP) is 5.83. The second kappa shape index (κ2) is 11.3. The molecule has 176 valence electrons. The summed E-state index contributed by atoms with van der Waals surface area (Å²) in [7, 11) is 0. The van der Waals surface area contributed by atoms with Crippen LogP contribution in [0.4, 0.5) is 0 Å². The van der Waals surface area contributed by atoms with Crippen LogP contribution >= 0.6 is 0 Å². The molecule has 6 heteroatoms. The zero-order valence-electron chi connectivity index (χ0n) is 19.9. The van der Waals surface area contributed by atoms with Gasteiger partial charge in [-0.25, -0.2) is 4.68 Å². The smallest absolute Gasteiger partial charge is 0.156 e.